The molecule has 0 amide bonds. The van der Waals surface area contributed by atoms with Gasteiger partial charge < -0.3 is 15.2 Å². The van der Waals surface area contributed by atoms with Crippen LogP contribution >= 0.6 is 11.6 Å². The van der Waals surface area contributed by atoms with E-state index in [1.807, 2.05) is 12.1 Å². The highest BCUT2D eigenvalue weighted by molar-refractivity contribution is 6.31. The second-order valence-electron chi connectivity index (χ2n) is 5.35. The van der Waals surface area contributed by atoms with Gasteiger partial charge in [0.25, 0.3) is 0 Å². The average Bonchev–Trinajstić information content (AvgIpc) is 2.98. The highest BCUT2D eigenvalue weighted by atomic mass is 35.5. The van der Waals surface area contributed by atoms with Gasteiger partial charge in [0.15, 0.2) is 11.5 Å². The van der Waals surface area contributed by atoms with Crippen LogP contribution in [-0.2, 0) is 0 Å². The van der Waals surface area contributed by atoms with Crippen LogP contribution in [0.2, 0.25) is 5.02 Å². The first-order valence-electron chi connectivity index (χ1n) is 7.33. The molecule has 0 aliphatic carbocycles. The zero-order valence-electron chi connectivity index (χ0n) is 11.6. The lowest BCUT2D eigenvalue weighted by molar-refractivity contribution is 0.170. The van der Waals surface area contributed by atoms with E-state index in [4.69, 9.17) is 26.8 Å². The molecule has 2 aliphatic rings. The average molecular weight is 297 g/mol. The Bertz CT molecular complexity index is 475. The number of benzene rings is 1. The zero-order valence-corrected chi connectivity index (χ0v) is 12.4. The summed E-state index contributed by atoms with van der Waals surface area (Å²) in [7, 11) is 0. The quantitative estimate of drug-likeness (QED) is 0.928. The lowest BCUT2D eigenvalue weighted by atomic mass is 10.0. The molecule has 2 N–H and O–H groups in total. The lowest BCUT2D eigenvalue weighted by Crippen LogP contribution is -2.28. The molecule has 5 heteroatoms. The first-order chi connectivity index (χ1) is 9.79. The van der Waals surface area contributed by atoms with Gasteiger partial charge in [-0.05, 0) is 50.5 Å². The molecule has 3 rings (SSSR count). The van der Waals surface area contributed by atoms with E-state index in [9.17, 15) is 0 Å². The van der Waals surface area contributed by atoms with Crippen LogP contribution in [-0.4, -0.2) is 37.7 Å². The standard InChI is InChI=1S/C15H21ClN2O2/c16-12-10-15-14(19-7-8-20-15)9-11(12)13(3-4-17)18-5-1-2-6-18/h9-10,13H,1-8,17H2. The third-order valence-corrected chi connectivity index (χ3v) is 4.37. The SMILES string of the molecule is NCCC(c1cc2c(cc1Cl)OCCO2)N1CCCC1. The van der Waals surface area contributed by atoms with E-state index in [0.29, 0.717) is 19.8 Å². The normalized spacial score (nSPS) is 20.1. The molecular weight excluding hydrogens is 276 g/mol. The van der Waals surface area contributed by atoms with E-state index in [1.54, 1.807) is 0 Å². The summed E-state index contributed by atoms with van der Waals surface area (Å²) >= 11 is 6.47. The number of nitrogens with zero attached hydrogens (tertiary/aromatic N) is 1. The maximum absolute atomic E-state index is 6.47. The molecule has 1 aromatic rings. The molecule has 1 fully saturated rings. The van der Waals surface area contributed by atoms with E-state index >= 15 is 0 Å². The Morgan fingerprint density at radius 1 is 1.15 bits per heavy atom. The summed E-state index contributed by atoms with van der Waals surface area (Å²) in [6, 6.07) is 4.20. The minimum atomic E-state index is 0.283. The third kappa shape index (κ3) is 2.73. The fourth-order valence-corrected chi connectivity index (χ4v) is 3.36. The second-order valence-corrected chi connectivity index (χ2v) is 5.76. The van der Waals surface area contributed by atoms with Gasteiger partial charge in [-0.15, -0.1) is 0 Å². The molecule has 1 saturated heterocycles. The van der Waals surface area contributed by atoms with Gasteiger partial charge in [0.1, 0.15) is 13.2 Å². The second kappa shape index (κ2) is 6.20. The van der Waals surface area contributed by atoms with Gasteiger partial charge in [-0.2, -0.15) is 0 Å². The van der Waals surface area contributed by atoms with Gasteiger partial charge >= 0.3 is 0 Å². The first-order valence-corrected chi connectivity index (χ1v) is 7.70. The van der Waals surface area contributed by atoms with Crippen molar-refractivity contribution in [2.75, 3.05) is 32.8 Å². The Kier molecular flexibility index (Phi) is 4.34. The monoisotopic (exact) mass is 296 g/mol. The van der Waals surface area contributed by atoms with Crippen LogP contribution in [0.25, 0.3) is 0 Å². The van der Waals surface area contributed by atoms with Gasteiger partial charge in [0.2, 0.25) is 0 Å². The van der Waals surface area contributed by atoms with Gasteiger partial charge in [0, 0.05) is 17.1 Å². The number of ether oxygens (including phenoxy) is 2. The molecule has 1 atom stereocenters. The number of nitrogens with two attached hydrogens (primary N) is 1. The van der Waals surface area contributed by atoms with E-state index < -0.39 is 0 Å². The van der Waals surface area contributed by atoms with Crippen molar-refractivity contribution in [2.24, 2.45) is 5.73 Å². The predicted octanol–water partition coefficient (Wildman–Crippen LogP) is 2.60. The molecule has 0 aromatic heterocycles. The van der Waals surface area contributed by atoms with Crippen molar-refractivity contribution in [3.05, 3.63) is 22.7 Å². The van der Waals surface area contributed by atoms with Crippen LogP contribution in [0.15, 0.2) is 12.1 Å². The molecule has 2 heterocycles. The van der Waals surface area contributed by atoms with Crippen molar-refractivity contribution in [3.63, 3.8) is 0 Å². The Hall–Kier alpha value is -0.970. The molecule has 20 heavy (non-hydrogen) atoms. The fourth-order valence-electron chi connectivity index (χ4n) is 3.08. The fraction of sp³-hybridized carbons (Fsp3) is 0.600. The Labute approximate surface area is 124 Å². The van der Waals surface area contributed by atoms with E-state index in [-0.39, 0.29) is 6.04 Å². The molecule has 110 valence electrons. The van der Waals surface area contributed by atoms with Crippen LogP contribution < -0.4 is 15.2 Å². The van der Waals surface area contributed by atoms with Gasteiger partial charge in [-0.1, -0.05) is 11.6 Å². The maximum Gasteiger partial charge on any atom is 0.162 e. The molecule has 0 radical (unpaired) electrons. The summed E-state index contributed by atoms with van der Waals surface area (Å²) in [6.45, 7) is 4.08. The van der Waals surface area contributed by atoms with Crippen molar-refractivity contribution in [1.29, 1.82) is 0 Å². The van der Waals surface area contributed by atoms with Gasteiger partial charge in [0.05, 0.1) is 0 Å². The molecular formula is C15H21ClN2O2. The van der Waals surface area contributed by atoms with Gasteiger partial charge in [-0.3, -0.25) is 4.90 Å². The van der Waals surface area contributed by atoms with Crippen LogP contribution in [0.5, 0.6) is 11.5 Å². The number of likely N-dealkylation sites (tertiary alicyclic amines) is 1. The maximum atomic E-state index is 6.47. The minimum Gasteiger partial charge on any atom is -0.486 e. The topological polar surface area (TPSA) is 47.7 Å². The molecule has 1 unspecified atom stereocenters. The molecule has 1 aromatic carbocycles. The van der Waals surface area contributed by atoms with Gasteiger partial charge in [-0.25, -0.2) is 0 Å². The van der Waals surface area contributed by atoms with Crippen molar-refractivity contribution >= 4 is 11.6 Å². The molecule has 0 saturated carbocycles. The highest BCUT2D eigenvalue weighted by Gasteiger charge is 2.26. The van der Waals surface area contributed by atoms with E-state index in [1.165, 1.54) is 12.8 Å². The number of hydrogen-bond acceptors (Lipinski definition) is 4. The summed E-state index contributed by atoms with van der Waals surface area (Å²) in [4.78, 5) is 2.48. The summed E-state index contributed by atoms with van der Waals surface area (Å²) in [6.07, 6.45) is 3.42. The molecule has 0 spiro atoms. The van der Waals surface area contributed by atoms with E-state index in [2.05, 4.69) is 4.90 Å². The predicted molar refractivity (Wildman–Crippen MR) is 79.7 cm³/mol. The first kappa shape index (κ1) is 14.0. The van der Waals surface area contributed by atoms with Crippen LogP contribution in [0, 0.1) is 0 Å². The molecule has 0 bridgehead atoms. The largest absolute Gasteiger partial charge is 0.486 e. The number of hydrogen-bond donors (Lipinski definition) is 1. The number of rotatable bonds is 4. The van der Waals surface area contributed by atoms with Crippen molar-refractivity contribution in [2.45, 2.75) is 25.3 Å². The summed E-state index contributed by atoms with van der Waals surface area (Å²) < 4.78 is 11.3. The van der Waals surface area contributed by atoms with E-state index in [0.717, 1.165) is 41.6 Å². The molecule has 4 nitrogen and oxygen atoms in total. The zero-order chi connectivity index (χ0) is 13.9. The molecule has 2 aliphatic heterocycles. The minimum absolute atomic E-state index is 0.283. The Morgan fingerprint density at radius 2 is 1.80 bits per heavy atom. The van der Waals surface area contributed by atoms with Crippen molar-refractivity contribution in [1.82, 2.24) is 4.90 Å². The summed E-state index contributed by atoms with van der Waals surface area (Å²) in [5.41, 5.74) is 6.91. The van der Waals surface area contributed by atoms with Crippen LogP contribution in [0.4, 0.5) is 0 Å². The van der Waals surface area contributed by atoms with Crippen molar-refractivity contribution < 1.29 is 9.47 Å². The Morgan fingerprint density at radius 3 is 2.45 bits per heavy atom. The van der Waals surface area contributed by atoms with Crippen molar-refractivity contribution in [3.8, 4) is 11.5 Å². The number of halogens is 1. The lowest BCUT2D eigenvalue weighted by Gasteiger charge is -2.29. The number of fused-ring (bicyclic) bond motifs is 1. The summed E-state index contributed by atoms with van der Waals surface area (Å²) in [5.74, 6) is 1.55. The highest BCUT2D eigenvalue weighted by Crippen LogP contribution is 2.40. The smallest absolute Gasteiger partial charge is 0.162 e. The third-order valence-electron chi connectivity index (χ3n) is 4.04. The Balaban J connectivity index is 1.92. The van der Waals surface area contributed by atoms with Crippen LogP contribution in [0.3, 0.4) is 0 Å². The summed E-state index contributed by atoms with van der Waals surface area (Å²) in [5, 5.41) is 0.750. The van der Waals surface area contributed by atoms with Crippen LogP contribution in [0.1, 0.15) is 30.9 Å².